The van der Waals surface area contributed by atoms with Crippen molar-refractivity contribution in [3.8, 4) is 0 Å². The van der Waals surface area contributed by atoms with E-state index in [2.05, 4.69) is 23.2 Å². The van der Waals surface area contributed by atoms with Crippen LogP contribution in [-0.2, 0) is 24.3 Å². The van der Waals surface area contributed by atoms with E-state index in [4.69, 9.17) is 4.74 Å². The van der Waals surface area contributed by atoms with Crippen LogP contribution in [0.15, 0.2) is 91.3 Å². The van der Waals surface area contributed by atoms with Gasteiger partial charge in [-0.1, -0.05) is 60.7 Å². The summed E-state index contributed by atoms with van der Waals surface area (Å²) >= 11 is 0. The van der Waals surface area contributed by atoms with Crippen molar-refractivity contribution in [1.29, 1.82) is 0 Å². The van der Waals surface area contributed by atoms with Crippen LogP contribution >= 0.6 is 0 Å². The maximum absolute atomic E-state index is 13.7. The van der Waals surface area contributed by atoms with Gasteiger partial charge in [0.2, 0.25) is 0 Å². The van der Waals surface area contributed by atoms with Crippen molar-refractivity contribution in [2.24, 2.45) is 0 Å². The molecule has 0 bridgehead atoms. The highest BCUT2D eigenvalue weighted by Crippen LogP contribution is 2.28. The number of rotatable bonds is 5. The number of benzene rings is 3. The Morgan fingerprint density at radius 3 is 2.52 bits per heavy atom. The molecule has 3 aromatic carbocycles. The van der Waals surface area contributed by atoms with Gasteiger partial charge in [0.25, 0.3) is 5.91 Å². The fourth-order valence-corrected chi connectivity index (χ4v) is 4.33. The molecule has 0 radical (unpaired) electrons. The number of hydrogen-bond acceptors (Lipinski definition) is 3. The topological polar surface area (TPSA) is 42.4 Å². The average molecular weight is 409 g/mol. The van der Waals surface area contributed by atoms with Crippen LogP contribution in [0.4, 0.5) is 0 Å². The number of amides is 1. The molecule has 1 aliphatic rings. The number of carbonyl (C=O) groups is 1. The van der Waals surface area contributed by atoms with Gasteiger partial charge in [-0.3, -0.25) is 9.78 Å². The number of ether oxygens (including phenoxy) is 1. The molecule has 31 heavy (non-hydrogen) atoms. The zero-order valence-electron chi connectivity index (χ0n) is 17.3. The third kappa shape index (κ3) is 4.07. The predicted octanol–water partition coefficient (Wildman–Crippen LogP) is 5.02. The summed E-state index contributed by atoms with van der Waals surface area (Å²) in [7, 11) is 0. The SMILES string of the molecule is O=C(c1cccc2ccccc12)N1Cc2ccccc2CC1COCc1ccncc1. The van der Waals surface area contributed by atoms with Gasteiger partial charge in [-0.05, 0) is 52.1 Å². The molecule has 1 atom stereocenters. The Labute approximate surface area is 182 Å². The van der Waals surface area contributed by atoms with Crippen LogP contribution in [0.2, 0.25) is 0 Å². The highest BCUT2D eigenvalue weighted by atomic mass is 16.5. The van der Waals surface area contributed by atoms with Crippen molar-refractivity contribution in [3.63, 3.8) is 0 Å². The summed E-state index contributed by atoms with van der Waals surface area (Å²) in [6.07, 6.45) is 4.33. The van der Waals surface area contributed by atoms with Gasteiger partial charge in [0.05, 0.1) is 19.3 Å². The maximum atomic E-state index is 13.7. The second-order valence-electron chi connectivity index (χ2n) is 7.96. The molecular formula is C27H24N2O2. The second-order valence-corrected chi connectivity index (χ2v) is 7.96. The summed E-state index contributed by atoms with van der Waals surface area (Å²) in [5.41, 5.74) is 4.33. The molecular weight excluding hydrogens is 384 g/mol. The maximum Gasteiger partial charge on any atom is 0.255 e. The summed E-state index contributed by atoms with van der Waals surface area (Å²) in [6.45, 7) is 1.60. The van der Waals surface area contributed by atoms with Gasteiger partial charge < -0.3 is 9.64 Å². The molecule has 4 heteroatoms. The van der Waals surface area contributed by atoms with Crippen molar-refractivity contribution in [2.45, 2.75) is 25.6 Å². The molecule has 4 nitrogen and oxygen atoms in total. The van der Waals surface area contributed by atoms with E-state index in [0.29, 0.717) is 19.8 Å². The smallest absolute Gasteiger partial charge is 0.255 e. The summed E-state index contributed by atoms with van der Waals surface area (Å²) in [5.74, 6) is 0.0591. The lowest BCUT2D eigenvalue weighted by atomic mass is 9.93. The molecule has 4 aromatic rings. The van der Waals surface area contributed by atoms with Crippen LogP contribution in [0.1, 0.15) is 27.0 Å². The third-order valence-electron chi connectivity index (χ3n) is 5.96. The molecule has 0 fully saturated rings. The average Bonchev–Trinajstić information content (AvgIpc) is 2.83. The van der Waals surface area contributed by atoms with Crippen LogP contribution in [0, 0.1) is 0 Å². The molecule has 1 aromatic heterocycles. The number of carbonyl (C=O) groups excluding carboxylic acids is 1. The predicted molar refractivity (Wildman–Crippen MR) is 122 cm³/mol. The van der Waals surface area contributed by atoms with Gasteiger partial charge in [0.15, 0.2) is 0 Å². The first-order valence-electron chi connectivity index (χ1n) is 10.6. The minimum Gasteiger partial charge on any atom is -0.375 e. The first-order valence-corrected chi connectivity index (χ1v) is 10.6. The van der Waals surface area contributed by atoms with E-state index in [1.54, 1.807) is 12.4 Å². The zero-order valence-corrected chi connectivity index (χ0v) is 17.3. The molecule has 1 unspecified atom stereocenters. The van der Waals surface area contributed by atoms with E-state index in [1.165, 1.54) is 11.1 Å². The molecule has 0 saturated heterocycles. The van der Waals surface area contributed by atoms with E-state index in [9.17, 15) is 4.79 Å². The Bertz CT molecular complexity index is 1200. The van der Waals surface area contributed by atoms with Crippen LogP contribution in [0.5, 0.6) is 0 Å². The number of nitrogens with zero attached hydrogens (tertiary/aromatic N) is 2. The highest BCUT2D eigenvalue weighted by molar-refractivity contribution is 6.07. The Morgan fingerprint density at radius 1 is 0.903 bits per heavy atom. The first kappa shape index (κ1) is 19.5. The quantitative estimate of drug-likeness (QED) is 0.466. The van der Waals surface area contributed by atoms with E-state index >= 15 is 0 Å². The van der Waals surface area contributed by atoms with Crippen LogP contribution in [0.25, 0.3) is 10.8 Å². The van der Waals surface area contributed by atoms with Gasteiger partial charge in [-0.25, -0.2) is 0 Å². The van der Waals surface area contributed by atoms with Crippen molar-refractivity contribution in [3.05, 3.63) is 114 Å². The molecule has 5 rings (SSSR count). The van der Waals surface area contributed by atoms with E-state index in [0.717, 1.165) is 28.3 Å². The summed E-state index contributed by atoms with van der Waals surface area (Å²) in [6, 6.07) is 26.3. The standard InChI is InChI=1S/C27H24N2O2/c30-27(26-11-5-9-21-6-3-4-10-25(21)26)29-17-23-8-2-1-7-22(23)16-24(29)19-31-18-20-12-14-28-15-13-20/h1-15,24H,16-19H2. The highest BCUT2D eigenvalue weighted by Gasteiger charge is 2.31. The summed E-state index contributed by atoms with van der Waals surface area (Å²) in [4.78, 5) is 19.8. The minimum absolute atomic E-state index is 0.0109. The molecule has 0 aliphatic carbocycles. The summed E-state index contributed by atoms with van der Waals surface area (Å²) < 4.78 is 6.06. The molecule has 1 aliphatic heterocycles. The third-order valence-corrected chi connectivity index (χ3v) is 5.96. The van der Waals surface area contributed by atoms with Crippen molar-refractivity contribution >= 4 is 16.7 Å². The fraction of sp³-hybridized carbons (Fsp3) is 0.185. The lowest BCUT2D eigenvalue weighted by Gasteiger charge is -2.37. The van der Waals surface area contributed by atoms with Gasteiger partial charge in [0.1, 0.15) is 0 Å². The molecule has 0 saturated carbocycles. The van der Waals surface area contributed by atoms with E-state index < -0.39 is 0 Å². The lowest BCUT2D eigenvalue weighted by molar-refractivity contribution is 0.0326. The summed E-state index contributed by atoms with van der Waals surface area (Å²) in [5, 5.41) is 2.07. The van der Waals surface area contributed by atoms with Crippen molar-refractivity contribution < 1.29 is 9.53 Å². The minimum atomic E-state index is -0.0109. The Kier molecular flexibility index (Phi) is 5.46. The monoisotopic (exact) mass is 408 g/mol. The molecule has 154 valence electrons. The molecule has 0 N–H and O–H groups in total. The molecule has 0 spiro atoms. The van der Waals surface area contributed by atoms with Crippen molar-refractivity contribution in [1.82, 2.24) is 9.88 Å². The lowest BCUT2D eigenvalue weighted by Crippen LogP contribution is -2.46. The second kappa shape index (κ2) is 8.70. The number of pyridine rings is 1. The normalized spacial score (nSPS) is 15.6. The van der Waals surface area contributed by atoms with E-state index in [-0.39, 0.29) is 11.9 Å². The number of fused-ring (bicyclic) bond motifs is 2. The number of aromatic nitrogens is 1. The van der Waals surface area contributed by atoms with Gasteiger partial charge in [-0.2, -0.15) is 0 Å². The van der Waals surface area contributed by atoms with Crippen LogP contribution in [-0.4, -0.2) is 28.4 Å². The van der Waals surface area contributed by atoms with Gasteiger partial charge in [0, 0.05) is 24.5 Å². The zero-order chi connectivity index (χ0) is 21.0. The Morgan fingerprint density at radius 2 is 1.65 bits per heavy atom. The fourth-order valence-electron chi connectivity index (χ4n) is 4.33. The first-order chi connectivity index (χ1) is 15.3. The van der Waals surface area contributed by atoms with Gasteiger partial charge >= 0.3 is 0 Å². The van der Waals surface area contributed by atoms with Crippen LogP contribution in [0.3, 0.4) is 0 Å². The van der Waals surface area contributed by atoms with E-state index in [1.807, 2.05) is 65.6 Å². The van der Waals surface area contributed by atoms with Gasteiger partial charge in [-0.15, -0.1) is 0 Å². The molecule has 2 heterocycles. The Hall–Kier alpha value is -3.50. The van der Waals surface area contributed by atoms with Crippen molar-refractivity contribution in [2.75, 3.05) is 6.61 Å². The number of hydrogen-bond donors (Lipinski definition) is 0. The largest absolute Gasteiger partial charge is 0.375 e. The van der Waals surface area contributed by atoms with Crippen LogP contribution < -0.4 is 0 Å². The molecule has 1 amide bonds. The Balaban J connectivity index is 1.42.